The number of halogens is 3. The summed E-state index contributed by atoms with van der Waals surface area (Å²) in [6, 6.07) is 9.08. The first-order valence-corrected chi connectivity index (χ1v) is 6.37. The second-order valence-corrected chi connectivity index (χ2v) is 5.07. The number of nitrogens with two attached hydrogens (primary N) is 1. The van der Waals surface area contributed by atoms with Gasteiger partial charge in [-0.05, 0) is 46.9 Å². The largest absolute Gasteiger partial charge is 0.397 e. The van der Waals surface area contributed by atoms with Crippen LogP contribution in [0.2, 0.25) is 0 Å². The Labute approximate surface area is 117 Å². The van der Waals surface area contributed by atoms with Crippen LogP contribution in [0.5, 0.6) is 0 Å². The highest BCUT2D eigenvalue weighted by molar-refractivity contribution is 14.1. The Hall–Kier alpha value is -1.37. The molecule has 2 aromatic carbocycles. The van der Waals surface area contributed by atoms with Crippen LogP contribution < -0.4 is 11.1 Å². The van der Waals surface area contributed by atoms with Crippen LogP contribution in [0.1, 0.15) is 5.56 Å². The average Bonchev–Trinajstić information content (AvgIpc) is 2.30. The molecule has 0 spiro atoms. The summed E-state index contributed by atoms with van der Waals surface area (Å²) in [7, 11) is 0. The molecule has 0 aliphatic carbocycles. The van der Waals surface area contributed by atoms with E-state index >= 15 is 0 Å². The molecule has 3 N–H and O–H groups in total. The van der Waals surface area contributed by atoms with E-state index in [-0.39, 0.29) is 6.54 Å². The molecule has 0 radical (unpaired) electrons. The number of hydrogen-bond donors (Lipinski definition) is 2. The third-order valence-electron chi connectivity index (χ3n) is 2.50. The first-order valence-electron chi connectivity index (χ1n) is 5.29. The van der Waals surface area contributed by atoms with E-state index in [2.05, 4.69) is 27.9 Å². The average molecular weight is 360 g/mol. The molecule has 0 fully saturated rings. The number of anilines is 2. The molecule has 0 aromatic heterocycles. The van der Waals surface area contributed by atoms with Crippen LogP contribution in [-0.4, -0.2) is 0 Å². The Kier molecular flexibility index (Phi) is 4.00. The summed E-state index contributed by atoms with van der Waals surface area (Å²) in [6.07, 6.45) is 0. The summed E-state index contributed by atoms with van der Waals surface area (Å²) < 4.78 is 27.2. The van der Waals surface area contributed by atoms with Crippen LogP contribution in [0.4, 0.5) is 20.2 Å². The molecule has 5 heteroatoms. The van der Waals surface area contributed by atoms with E-state index in [1.165, 1.54) is 12.1 Å². The molecule has 0 saturated heterocycles. The van der Waals surface area contributed by atoms with Gasteiger partial charge in [-0.25, -0.2) is 8.78 Å². The van der Waals surface area contributed by atoms with E-state index in [1.807, 2.05) is 18.2 Å². The summed E-state index contributed by atoms with van der Waals surface area (Å²) >= 11 is 2.16. The zero-order valence-electron chi connectivity index (χ0n) is 9.38. The fraction of sp³-hybridized carbons (Fsp3) is 0.0769. The maximum atomic E-state index is 13.4. The maximum Gasteiger partial charge on any atom is 0.131 e. The smallest absolute Gasteiger partial charge is 0.131 e. The topological polar surface area (TPSA) is 38.0 Å². The predicted octanol–water partition coefficient (Wildman–Crippen LogP) is 3.76. The van der Waals surface area contributed by atoms with E-state index in [9.17, 15) is 8.78 Å². The molecule has 0 unspecified atom stereocenters. The Morgan fingerprint density at radius 1 is 1.11 bits per heavy atom. The van der Waals surface area contributed by atoms with Crippen molar-refractivity contribution in [2.45, 2.75) is 6.54 Å². The van der Waals surface area contributed by atoms with Crippen molar-refractivity contribution in [2.75, 3.05) is 11.1 Å². The van der Waals surface area contributed by atoms with Gasteiger partial charge in [0.05, 0.1) is 11.4 Å². The van der Waals surface area contributed by atoms with Crippen molar-refractivity contribution < 1.29 is 8.78 Å². The number of benzene rings is 2. The highest BCUT2D eigenvalue weighted by atomic mass is 127. The van der Waals surface area contributed by atoms with Crippen LogP contribution in [-0.2, 0) is 6.54 Å². The summed E-state index contributed by atoms with van der Waals surface area (Å²) in [5.74, 6) is -1.14. The summed E-state index contributed by atoms with van der Waals surface area (Å²) in [6.45, 7) is 0.261. The fourth-order valence-corrected chi connectivity index (χ4v) is 2.07. The fourth-order valence-electron chi connectivity index (χ4n) is 1.55. The molecule has 94 valence electrons. The Morgan fingerprint density at radius 2 is 1.89 bits per heavy atom. The zero-order chi connectivity index (χ0) is 13.1. The Bertz CT molecular complexity index is 521. The van der Waals surface area contributed by atoms with Crippen LogP contribution in [0, 0.1) is 15.2 Å². The maximum absolute atomic E-state index is 13.4. The standard InChI is InChI=1S/C13H11F2IN2/c14-9-2-1-8(11(15)5-9)7-18-13-4-3-10(16)6-12(13)17/h1-6,18H,7,17H2. The molecule has 0 heterocycles. The highest BCUT2D eigenvalue weighted by Gasteiger charge is 2.05. The van der Waals surface area contributed by atoms with Crippen LogP contribution >= 0.6 is 22.6 Å². The predicted molar refractivity (Wildman–Crippen MR) is 77.3 cm³/mol. The minimum absolute atomic E-state index is 0.261. The van der Waals surface area contributed by atoms with Crippen LogP contribution in [0.25, 0.3) is 0 Å². The SMILES string of the molecule is Nc1cc(I)ccc1NCc1ccc(F)cc1F. The van der Waals surface area contributed by atoms with Crippen molar-refractivity contribution in [3.05, 3.63) is 57.2 Å². The van der Waals surface area contributed by atoms with E-state index in [1.54, 1.807) is 0 Å². The highest BCUT2D eigenvalue weighted by Crippen LogP contribution is 2.22. The second-order valence-electron chi connectivity index (χ2n) is 3.82. The molecule has 0 bridgehead atoms. The number of hydrogen-bond acceptors (Lipinski definition) is 2. The van der Waals surface area contributed by atoms with Crippen molar-refractivity contribution in [3.8, 4) is 0 Å². The van der Waals surface area contributed by atoms with Crippen molar-refractivity contribution in [1.82, 2.24) is 0 Å². The van der Waals surface area contributed by atoms with Gasteiger partial charge in [-0.2, -0.15) is 0 Å². The molecule has 2 nitrogen and oxygen atoms in total. The first kappa shape index (κ1) is 13.1. The van der Waals surface area contributed by atoms with Gasteiger partial charge in [-0.3, -0.25) is 0 Å². The summed E-state index contributed by atoms with van der Waals surface area (Å²) in [4.78, 5) is 0. The van der Waals surface area contributed by atoms with E-state index < -0.39 is 11.6 Å². The van der Waals surface area contributed by atoms with E-state index in [0.29, 0.717) is 11.3 Å². The Morgan fingerprint density at radius 3 is 2.56 bits per heavy atom. The summed E-state index contributed by atoms with van der Waals surface area (Å²) in [5, 5.41) is 3.03. The van der Waals surface area contributed by atoms with Crippen molar-refractivity contribution in [1.29, 1.82) is 0 Å². The van der Waals surface area contributed by atoms with Gasteiger partial charge in [0, 0.05) is 21.7 Å². The van der Waals surface area contributed by atoms with Crippen molar-refractivity contribution >= 4 is 34.0 Å². The van der Waals surface area contributed by atoms with Gasteiger partial charge in [0.2, 0.25) is 0 Å². The molecule has 0 saturated carbocycles. The quantitative estimate of drug-likeness (QED) is 0.646. The van der Waals surface area contributed by atoms with Gasteiger partial charge < -0.3 is 11.1 Å². The van der Waals surface area contributed by atoms with Crippen LogP contribution in [0.3, 0.4) is 0 Å². The minimum Gasteiger partial charge on any atom is -0.397 e. The summed E-state index contributed by atoms with van der Waals surface area (Å²) in [5.41, 5.74) is 7.56. The third kappa shape index (κ3) is 3.10. The first-order chi connectivity index (χ1) is 8.56. The number of nitrogens with one attached hydrogen (secondary N) is 1. The molecular formula is C13H11F2IN2. The molecule has 2 aromatic rings. The third-order valence-corrected chi connectivity index (χ3v) is 3.17. The van der Waals surface area contributed by atoms with Gasteiger partial charge in [0.15, 0.2) is 0 Å². The normalized spacial score (nSPS) is 10.4. The number of nitrogen functional groups attached to an aromatic ring is 1. The monoisotopic (exact) mass is 360 g/mol. The lowest BCUT2D eigenvalue weighted by Crippen LogP contribution is -2.04. The molecule has 0 amide bonds. The van der Waals surface area contributed by atoms with Gasteiger partial charge in [-0.1, -0.05) is 6.07 Å². The molecule has 0 aliphatic rings. The van der Waals surface area contributed by atoms with Gasteiger partial charge in [0.25, 0.3) is 0 Å². The van der Waals surface area contributed by atoms with Crippen LogP contribution in [0.15, 0.2) is 36.4 Å². The van der Waals surface area contributed by atoms with Gasteiger partial charge in [0.1, 0.15) is 11.6 Å². The molecule has 2 rings (SSSR count). The lowest BCUT2D eigenvalue weighted by atomic mass is 10.2. The van der Waals surface area contributed by atoms with Gasteiger partial charge >= 0.3 is 0 Å². The molecule has 18 heavy (non-hydrogen) atoms. The second kappa shape index (κ2) is 5.51. The molecular weight excluding hydrogens is 349 g/mol. The Balaban J connectivity index is 2.11. The molecule has 0 aliphatic heterocycles. The van der Waals surface area contributed by atoms with Crippen molar-refractivity contribution in [2.24, 2.45) is 0 Å². The lowest BCUT2D eigenvalue weighted by molar-refractivity contribution is 0.574. The van der Waals surface area contributed by atoms with Gasteiger partial charge in [-0.15, -0.1) is 0 Å². The zero-order valence-corrected chi connectivity index (χ0v) is 11.5. The van der Waals surface area contributed by atoms with Crippen molar-refractivity contribution in [3.63, 3.8) is 0 Å². The van der Waals surface area contributed by atoms with E-state index in [4.69, 9.17) is 5.73 Å². The minimum atomic E-state index is -0.579. The number of rotatable bonds is 3. The lowest BCUT2D eigenvalue weighted by Gasteiger charge is -2.10. The van der Waals surface area contributed by atoms with E-state index in [0.717, 1.165) is 15.3 Å². The molecule has 0 atom stereocenters.